The molecule has 8 heteroatoms. The molecule has 0 radical (unpaired) electrons. The summed E-state index contributed by atoms with van der Waals surface area (Å²) in [5.74, 6) is -1.24. The number of hydrogen-bond donors (Lipinski definition) is 2. The van der Waals surface area contributed by atoms with E-state index < -0.39 is 17.8 Å². The number of ether oxygens (including phenoxy) is 2. The van der Waals surface area contributed by atoms with Crippen molar-refractivity contribution in [3.05, 3.63) is 28.8 Å². The van der Waals surface area contributed by atoms with E-state index in [0.29, 0.717) is 10.8 Å². The summed E-state index contributed by atoms with van der Waals surface area (Å²) in [7, 11) is 1.41. The van der Waals surface area contributed by atoms with E-state index in [1.165, 1.54) is 13.2 Å². The number of esters is 1. The molecule has 7 nitrogen and oxygen atoms in total. The largest absolute Gasteiger partial charge is 0.496 e. The molecule has 1 aromatic rings. The van der Waals surface area contributed by atoms with Gasteiger partial charge in [-0.1, -0.05) is 11.6 Å². The first kappa shape index (κ1) is 17.8. The second-order valence-electron chi connectivity index (χ2n) is 4.15. The molecule has 22 heavy (non-hydrogen) atoms. The number of methoxy groups -OCH3 is 1. The predicted octanol–water partition coefficient (Wildman–Crippen LogP) is 1.45. The summed E-state index contributed by atoms with van der Waals surface area (Å²) in [6.45, 7) is 1.93. The molecule has 0 aromatic heterocycles. The molecule has 0 spiro atoms. The predicted molar refractivity (Wildman–Crippen MR) is 79.5 cm³/mol. The van der Waals surface area contributed by atoms with Gasteiger partial charge in [0.05, 0.1) is 25.7 Å². The highest BCUT2D eigenvalue weighted by Gasteiger charge is 2.14. The average Bonchev–Trinajstić information content (AvgIpc) is 2.50. The van der Waals surface area contributed by atoms with Crippen molar-refractivity contribution in [2.24, 2.45) is 0 Å². The van der Waals surface area contributed by atoms with Crippen LogP contribution in [-0.4, -0.2) is 31.5 Å². The standard InChI is InChI=1S/C14H17ClN2O5/c1-3-22-13(19)7-6-12(18)16-17-14(20)10-8-9(15)4-5-11(10)21-2/h4-5,8H,3,6-7H2,1-2H3,(H,16,18)(H,17,20). The number of rotatable bonds is 6. The van der Waals surface area contributed by atoms with Gasteiger partial charge in [-0.2, -0.15) is 0 Å². The van der Waals surface area contributed by atoms with Crippen LogP contribution < -0.4 is 15.6 Å². The van der Waals surface area contributed by atoms with Crippen molar-refractivity contribution in [3.63, 3.8) is 0 Å². The van der Waals surface area contributed by atoms with Crippen molar-refractivity contribution in [1.82, 2.24) is 10.9 Å². The summed E-state index contributed by atoms with van der Waals surface area (Å²) in [6, 6.07) is 4.54. The Morgan fingerprint density at radius 3 is 2.55 bits per heavy atom. The van der Waals surface area contributed by atoms with Crippen molar-refractivity contribution in [2.75, 3.05) is 13.7 Å². The van der Waals surface area contributed by atoms with Gasteiger partial charge in [0.15, 0.2) is 0 Å². The maximum atomic E-state index is 12.0. The molecular weight excluding hydrogens is 312 g/mol. The van der Waals surface area contributed by atoms with E-state index in [2.05, 4.69) is 10.9 Å². The lowest BCUT2D eigenvalue weighted by Gasteiger charge is -2.10. The van der Waals surface area contributed by atoms with Crippen molar-refractivity contribution in [1.29, 1.82) is 0 Å². The van der Waals surface area contributed by atoms with Crippen LogP contribution in [-0.2, 0) is 14.3 Å². The summed E-state index contributed by atoms with van der Waals surface area (Å²) in [5.41, 5.74) is 4.61. The van der Waals surface area contributed by atoms with E-state index in [1.54, 1.807) is 19.1 Å². The van der Waals surface area contributed by atoms with Crippen molar-refractivity contribution < 1.29 is 23.9 Å². The third kappa shape index (κ3) is 5.61. The van der Waals surface area contributed by atoms with Crippen LogP contribution in [0.15, 0.2) is 18.2 Å². The third-order valence-electron chi connectivity index (χ3n) is 2.58. The van der Waals surface area contributed by atoms with E-state index in [-0.39, 0.29) is 25.0 Å². The minimum atomic E-state index is -0.580. The molecule has 0 aliphatic carbocycles. The molecular formula is C14H17ClN2O5. The Morgan fingerprint density at radius 1 is 1.18 bits per heavy atom. The minimum absolute atomic E-state index is 0.0595. The lowest BCUT2D eigenvalue weighted by Crippen LogP contribution is -2.41. The molecule has 1 aromatic carbocycles. The van der Waals surface area contributed by atoms with Crippen LogP contribution in [0.1, 0.15) is 30.1 Å². The lowest BCUT2D eigenvalue weighted by atomic mass is 10.2. The third-order valence-corrected chi connectivity index (χ3v) is 2.82. The molecule has 0 heterocycles. The number of carbonyl (C=O) groups excluding carboxylic acids is 3. The van der Waals surface area contributed by atoms with Crippen LogP contribution in [0.5, 0.6) is 5.75 Å². The molecule has 2 N–H and O–H groups in total. The van der Waals surface area contributed by atoms with Crippen molar-refractivity contribution >= 4 is 29.4 Å². The SMILES string of the molecule is CCOC(=O)CCC(=O)NNC(=O)c1cc(Cl)ccc1OC. The molecule has 2 amide bonds. The number of halogens is 1. The topological polar surface area (TPSA) is 93.7 Å². The zero-order valence-electron chi connectivity index (χ0n) is 12.3. The first-order valence-corrected chi connectivity index (χ1v) is 6.94. The number of carbonyl (C=O) groups is 3. The smallest absolute Gasteiger partial charge is 0.306 e. The molecule has 0 saturated heterocycles. The van der Waals surface area contributed by atoms with Gasteiger partial charge in [-0.15, -0.1) is 0 Å². The van der Waals surface area contributed by atoms with Gasteiger partial charge < -0.3 is 9.47 Å². The van der Waals surface area contributed by atoms with Crippen LogP contribution in [0.2, 0.25) is 5.02 Å². The molecule has 0 bridgehead atoms. The zero-order valence-corrected chi connectivity index (χ0v) is 13.0. The normalized spacial score (nSPS) is 9.77. The molecule has 120 valence electrons. The summed E-state index contributed by atoms with van der Waals surface area (Å²) < 4.78 is 9.73. The van der Waals surface area contributed by atoms with E-state index >= 15 is 0 Å². The monoisotopic (exact) mass is 328 g/mol. The maximum Gasteiger partial charge on any atom is 0.306 e. The summed E-state index contributed by atoms with van der Waals surface area (Å²) in [6.07, 6.45) is -0.151. The zero-order chi connectivity index (χ0) is 16.5. The molecule has 0 aliphatic heterocycles. The number of benzene rings is 1. The van der Waals surface area contributed by atoms with Gasteiger partial charge in [-0.3, -0.25) is 25.2 Å². The first-order chi connectivity index (χ1) is 10.5. The summed E-state index contributed by atoms with van der Waals surface area (Å²) in [4.78, 5) is 34.6. The van der Waals surface area contributed by atoms with E-state index in [0.717, 1.165) is 0 Å². The summed E-state index contributed by atoms with van der Waals surface area (Å²) >= 11 is 5.82. The molecule has 0 atom stereocenters. The highest BCUT2D eigenvalue weighted by atomic mass is 35.5. The number of nitrogens with one attached hydrogen (secondary N) is 2. The first-order valence-electron chi connectivity index (χ1n) is 6.56. The molecule has 1 rings (SSSR count). The van der Waals surface area contributed by atoms with Crippen LogP contribution in [0.4, 0.5) is 0 Å². The second-order valence-corrected chi connectivity index (χ2v) is 4.59. The van der Waals surface area contributed by atoms with Gasteiger partial charge in [0.1, 0.15) is 5.75 Å². The Morgan fingerprint density at radius 2 is 1.91 bits per heavy atom. The number of amides is 2. The fourth-order valence-electron chi connectivity index (χ4n) is 1.56. The highest BCUT2D eigenvalue weighted by Crippen LogP contribution is 2.22. The fourth-order valence-corrected chi connectivity index (χ4v) is 1.73. The Balaban J connectivity index is 2.51. The number of hydrazine groups is 1. The lowest BCUT2D eigenvalue weighted by molar-refractivity contribution is -0.144. The van der Waals surface area contributed by atoms with Gasteiger partial charge in [-0.25, -0.2) is 0 Å². The van der Waals surface area contributed by atoms with Gasteiger partial charge in [0.2, 0.25) is 5.91 Å². The Kier molecular flexibility index (Phi) is 7.18. The molecule has 0 unspecified atom stereocenters. The average molecular weight is 329 g/mol. The van der Waals surface area contributed by atoms with Crippen LogP contribution in [0.25, 0.3) is 0 Å². The summed E-state index contributed by atoms with van der Waals surface area (Å²) in [5, 5.41) is 0.361. The van der Waals surface area contributed by atoms with E-state index in [9.17, 15) is 14.4 Å². The van der Waals surface area contributed by atoms with Crippen LogP contribution in [0, 0.1) is 0 Å². The van der Waals surface area contributed by atoms with Gasteiger partial charge >= 0.3 is 5.97 Å². The fraction of sp³-hybridized carbons (Fsp3) is 0.357. The van der Waals surface area contributed by atoms with Gasteiger partial charge in [-0.05, 0) is 25.1 Å². The van der Waals surface area contributed by atoms with Crippen molar-refractivity contribution in [3.8, 4) is 5.75 Å². The highest BCUT2D eigenvalue weighted by molar-refractivity contribution is 6.31. The Hall–Kier alpha value is -2.28. The quantitative estimate of drug-likeness (QED) is 0.609. The van der Waals surface area contributed by atoms with Gasteiger partial charge in [0.25, 0.3) is 5.91 Å². The second kappa shape index (κ2) is 8.89. The molecule has 0 saturated carbocycles. The van der Waals surface area contributed by atoms with E-state index in [1.807, 2.05) is 0 Å². The van der Waals surface area contributed by atoms with Crippen molar-refractivity contribution in [2.45, 2.75) is 19.8 Å². The van der Waals surface area contributed by atoms with Crippen LogP contribution >= 0.6 is 11.6 Å². The minimum Gasteiger partial charge on any atom is -0.496 e. The Labute approximate surface area is 132 Å². The van der Waals surface area contributed by atoms with E-state index in [4.69, 9.17) is 21.1 Å². The van der Waals surface area contributed by atoms with Gasteiger partial charge in [0, 0.05) is 11.4 Å². The van der Waals surface area contributed by atoms with Crippen LogP contribution in [0.3, 0.4) is 0 Å². The maximum absolute atomic E-state index is 12.0. The number of hydrogen-bond acceptors (Lipinski definition) is 5. The Bertz CT molecular complexity index is 562. The molecule has 0 fully saturated rings. The molecule has 0 aliphatic rings.